The molecule has 0 spiro atoms. The molecule has 0 bridgehead atoms. The highest BCUT2D eigenvalue weighted by Crippen LogP contribution is 2.23. The minimum Gasteiger partial charge on any atom is -0.480 e. The van der Waals surface area contributed by atoms with Crippen molar-refractivity contribution in [3.05, 3.63) is 34.9 Å². The zero-order valence-electron chi connectivity index (χ0n) is 13.6. The second kappa shape index (κ2) is 7.40. The lowest BCUT2D eigenvalue weighted by Gasteiger charge is -2.17. The number of benzene rings is 1. The quantitative estimate of drug-likeness (QED) is 0.756. The van der Waals surface area contributed by atoms with Crippen LogP contribution in [0.2, 0.25) is 0 Å². The molecule has 0 saturated heterocycles. The molecule has 23 heavy (non-hydrogen) atoms. The molecule has 124 valence electrons. The Morgan fingerprint density at radius 1 is 1.13 bits per heavy atom. The number of carboxylic acid groups (broad SMARTS) is 1. The highest BCUT2D eigenvalue weighted by atomic mass is 16.4. The monoisotopic (exact) mass is 317 g/mol. The molecule has 2 N–H and O–H groups in total. The van der Waals surface area contributed by atoms with E-state index >= 15 is 0 Å². The number of amides is 1. The molecule has 1 unspecified atom stereocenters. The van der Waals surface area contributed by atoms with E-state index in [1.54, 1.807) is 13.8 Å². The first kappa shape index (κ1) is 17.2. The molecule has 5 heteroatoms. The van der Waals surface area contributed by atoms with Gasteiger partial charge in [0.15, 0.2) is 5.78 Å². The highest BCUT2D eigenvalue weighted by Gasteiger charge is 2.23. The average molecular weight is 317 g/mol. The summed E-state index contributed by atoms with van der Waals surface area (Å²) in [4.78, 5) is 35.1. The molecule has 1 aromatic rings. The van der Waals surface area contributed by atoms with Gasteiger partial charge in [0.1, 0.15) is 6.04 Å². The Morgan fingerprint density at radius 2 is 1.83 bits per heavy atom. The lowest BCUT2D eigenvalue weighted by Crippen LogP contribution is -2.44. The van der Waals surface area contributed by atoms with Crippen molar-refractivity contribution in [3.8, 4) is 0 Å². The van der Waals surface area contributed by atoms with Gasteiger partial charge in [-0.1, -0.05) is 26.0 Å². The van der Waals surface area contributed by atoms with Gasteiger partial charge in [-0.15, -0.1) is 0 Å². The molecule has 1 aliphatic carbocycles. The second-order valence-corrected chi connectivity index (χ2v) is 6.39. The standard InChI is InChI=1S/C18H23NO4/c1-11(2)17(18(22)23)19-16(21)9-8-15(20)14-7-6-12-4-3-5-13(12)10-14/h6-7,10-11,17H,3-5,8-9H2,1-2H3,(H,19,21)(H,22,23). The molecule has 1 amide bonds. The number of ketones is 1. The van der Waals surface area contributed by atoms with Crippen molar-refractivity contribution in [1.82, 2.24) is 5.32 Å². The Hall–Kier alpha value is -2.17. The fraction of sp³-hybridized carbons (Fsp3) is 0.500. The maximum Gasteiger partial charge on any atom is 0.326 e. The van der Waals surface area contributed by atoms with Crippen molar-refractivity contribution in [2.75, 3.05) is 0 Å². The van der Waals surface area contributed by atoms with Crippen molar-refractivity contribution in [2.24, 2.45) is 5.92 Å². The number of aryl methyl sites for hydroxylation is 2. The van der Waals surface area contributed by atoms with E-state index in [0.717, 1.165) is 19.3 Å². The van der Waals surface area contributed by atoms with Crippen molar-refractivity contribution >= 4 is 17.7 Å². The van der Waals surface area contributed by atoms with Crippen LogP contribution >= 0.6 is 0 Å². The molecule has 0 fully saturated rings. The fourth-order valence-electron chi connectivity index (χ4n) is 2.88. The molecule has 5 nitrogen and oxygen atoms in total. The number of hydrogen-bond donors (Lipinski definition) is 2. The lowest BCUT2D eigenvalue weighted by molar-refractivity contribution is -0.143. The largest absolute Gasteiger partial charge is 0.480 e. The molecule has 1 aliphatic rings. The summed E-state index contributed by atoms with van der Waals surface area (Å²) < 4.78 is 0. The maximum absolute atomic E-state index is 12.2. The number of nitrogens with one attached hydrogen (secondary N) is 1. The Kier molecular flexibility index (Phi) is 5.53. The summed E-state index contributed by atoms with van der Waals surface area (Å²) in [6, 6.07) is 4.82. The predicted molar refractivity (Wildman–Crippen MR) is 86.4 cm³/mol. The molecular weight excluding hydrogens is 294 g/mol. The normalized spacial score (nSPS) is 14.4. The van der Waals surface area contributed by atoms with Crippen LogP contribution in [0.4, 0.5) is 0 Å². The third-order valence-corrected chi connectivity index (χ3v) is 4.25. The zero-order valence-corrected chi connectivity index (χ0v) is 13.6. The van der Waals surface area contributed by atoms with Crippen LogP contribution in [0.15, 0.2) is 18.2 Å². The third kappa shape index (κ3) is 4.41. The van der Waals surface area contributed by atoms with Gasteiger partial charge in [0.25, 0.3) is 0 Å². The van der Waals surface area contributed by atoms with Gasteiger partial charge in [-0.3, -0.25) is 9.59 Å². The molecule has 0 aromatic heterocycles. The van der Waals surface area contributed by atoms with Crippen LogP contribution in [-0.4, -0.2) is 28.8 Å². The van der Waals surface area contributed by atoms with Gasteiger partial charge in [0, 0.05) is 18.4 Å². The summed E-state index contributed by atoms with van der Waals surface area (Å²) in [5.74, 6) is -1.74. The van der Waals surface area contributed by atoms with Crippen LogP contribution in [0.5, 0.6) is 0 Å². The summed E-state index contributed by atoms with van der Waals surface area (Å²) in [5, 5.41) is 11.5. The summed E-state index contributed by atoms with van der Waals surface area (Å²) in [6.07, 6.45) is 3.30. The Balaban J connectivity index is 1.89. The molecule has 0 radical (unpaired) electrons. The van der Waals surface area contributed by atoms with Gasteiger partial charge in [-0.25, -0.2) is 4.79 Å². The molecular formula is C18H23NO4. The second-order valence-electron chi connectivity index (χ2n) is 6.39. The summed E-state index contributed by atoms with van der Waals surface area (Å²) in [7, 11) is 0. The van der Waals surface area contributed by atoms with Crippen LogP contribution in [-0.2, 0) is 22.4 Å². The Morgan fingerprint density at radius 3 is 2.48 bits per heavy atom. The number of fused-ring (bicyclic) bond motifs is 1. The summed E-state index contributed by atoms with van der Waals surface area (Å²) in [5.41, 5.74) is 3.17. The number of aliphatic carboxylic acids is 1. The molecule has 1 aromatic carbocycles. The van der Waals surface area contributed by atoms with Crippen LogP contribution < -0.4 is 5.32 Å². The van der Waals surface area contributed by atoms with E-state index in [0.29, 0.717) is 5.56 Å². The smallest absolute Gasteiger partial charge is 0.326 e. The Bertz CT molecular complexity index is 621. The van der Waals surface area contributed by atoms with Crippen LogP contribution in [0.1, 0.15) is 54.6 Å². The van der Waals surface area contributed by atoms with Crippen molar-refractivity contribution in [1.29, 1.82) is 0 Å². The predicted octanol–water partition coefficient (Wildman–Crippen LogP) is 2.36. The van der Waals surface area contributed by atoms with E-state index in [2.05, 4.69) is 5.32 Å². The van der Waals surface area contributed by atoms with E-state index in [4.69, 9.17) is 5.11 Å². The van der Waals surface area contributed by atoms with Gasteiger partial charge in [-0.05, 0) is 42.4 Å². The minimum atomic E-state index is -1.06. The van der Waals surface area contributed by atoms with Crippen molar-refractivity contribution in [2.45, 2.75) is 52.0 Å². The third-order valence-electron chi connectivity index (χ3n) is 4.25. The summed E-state index contributed by atoms with van der Waals surface area (Å²) in [6.45, 7) is 3.46. The molecule has 1 atom stereocenters. The van der Waals surface area contributed by atoms with E-state index in [1.807, 2.05) is 18.2 Å². The maximum atomic E-state index is 12.2. The SMILES string of the molecule is CC(C)C(NC(=O)CCC(=O)c1ccc2c(c1)CCC2)C(=O)O. The van der Waals surface area contributed by atoms with E-state index in [9.17, 15) is 14.4 Å². The van der Waals surface area contributed by atoms with E-state index in [1.165, 1.54) is 11.1 Å². The number of carbonyl (C=O) groups excluding carboxylic acids is 2. The van der Waals surface area contributed by atoms with Crippen LogP contribution in [0.25, 0.3) is 0 Å². The Labute approximate surface area is 136 Å². The van der Waals surface area contributed by atoms with Crippen LogP contribution in [0.3, 0.4) is 0 Å². The topological polar surface area (TPSA) is 83.5 Å². The summed E-state index contributed by atoms with van der Waals surface area (Å²) >= 11 is 0. The van der Waals surface area contributed by atoms with Crippen molar-refractivity contribution in [3.63, 3.8) is 0 Å². The molecule has 0 saturated carbocycles. The molecule has 2 rings (SSSR count). The van der Waals surface area contributed by atoms with Gasteiger partial charge in [0.05, 0.1) is 0 Å². The first-order valence-electron chi connectivity index (χ1n) is 8.05. The van der Waals surface area contributed by atoms with Crippen molar-refractivity contribution < 1.29 is 19.5 Å². The minimum absolute atomic E-state index is 0.00637. The van der Waals surface area contributed by atoms with Gasteiger partial charge >= 0.3 is 5.97 Å². The molecule has 0 heterocycles. The number of carboxylic acids is 1. The average Bonchev–Trinajstić information content (AvgIpc) is 2.96. The number of Topliss-reactive ketones (excluding diaryl/α,β-unsaturated/α-hetero) is 1. The van der Waals surface area contributed by atoms with Gasteiger partial charge in [0.2, 0.25) is 5.91 Å². The van der Waals surface area contributed by atoms with Crippen LogP contribution in [0, 0.1) is 5.92 Å². The van der Waals surface area contributed by atoms with Gasteiger partial charge < -0.3 is 10.4 Å². The van der Waals surface area contributed by atoms with E-state index < -0.39 is 17.9 Å². The van der Waals surface area contributed by atoms with Gasteiger partial charge in [-0.2, -0.15) is 0 Å². The number of carbonyl (C=O) groups is 3. The lowest BCUT2D eigenvalue weighted by atomic mass is 10.0. The molecule has 0 aliphatic heterocycles. The van der Waals surface area contributed by atoms with E-state index in [-0.39, 0.29) is 24.5 Å². The fourth-order valence-corrected chi connectivity index (χ4v) is 2.88. The number of rotatable bonds is 7. The highest BCUT2D eigenvalue weighted by molar-refractivity contribution is 5.98. The first-order valence-corrected chi connectivity index (χ1v) is 8.05. The zero-order chi connectivity index (χ0) is 17.0. The number of hydrogen-bond acceptors (Lipinski definition) is 3. The first-order chi connectivity index (χ1) is 10.9.